The number of ether oxygens (including phenoxy) is 2. The average molecular weight is 554 g/mol. The monoisotopic (exact) mass is 552 g/mol. The van der Waals surface area contributed by atoms with E-state index in [4.69, 9.17) is 21.1 Å². The van der Waals surface area contributed by atoms with Gasteiger partial charge >= 0.3 is 0 Å². The Morgan fingerprint density at radius 2 is 1.51 bits per heavy atom. The van der Waals surface area contributed by atoms with Crippen molar-refractivity contribution in [2.45, 2.75) is 13.0 Å². The van der Waals surface area contributed by atoms with Gasteiger partial charge < -0.3 is 20.1 Å². The summed E-state index contributed by atoms with van der Waals surface area (Å²) < 4.78 is 12.1. The van der Waals surface area contributed by atoms with E-state index in [1.54, 1.807) is 55.5 Å². The number of hydrogen-bond acceptors (Lipinski definition) is 4. The van der Waals surface area contributed by atoms with Gasteiger partial charge in [-0.25, -0.2) is 0 Å². The topological polar surface area (TPSA) is 76.7 Å². The van der Waals surface area contributed by atoms with Gasteiger partial charge in [0.2, 0.25) is 0 Å². The van der Waals surface area contributed by atoms with Gasteiger partial charge in [-0.05, 0) is 76.1 Å². The van der Waals surface area contributed by atoms with Crippen molar-refractivity contribution in [3.05, 3.63) is 94.4 Å². The van der Waals surface area contributed by atoms with Crippen LogP contribution >= 0.6 is 27.5 Å². The van der Waals surface area contributed by atoms with Gasteiger partial charge in [-0.15, -0.1) is 0 Å². The Bertz CT molecular complexity index is 1360. The maximum atomic E-state index is 12.5. The van der Waals surface area contributed by atoms with E-state index in [2.05, 4.69) is 26.6 Å². The summed E-state index contributed by atoms with van der Waals surface area (Å²) in [6.07, 6.45) is -0.749. The first-order chi connectivity index (χ1) is 16.9. The van der Waals surface area contributed by atoms with E-state index in [0.29, 0.717) is 27.9 Å². The number of carbonyl (C=O) groups excluding carboxylic acids is 2. The predicted molar refractivity (Wildman–Crippen MR) is 142 cm³/mol. The van der Waals surface area contributed by atoms with Gasteiger partial charge in [-0.2, -0.15) is 0 Å². The van der Waals surface area contributed by atoms with Crippen LogP contribution in [0.25, 0.3) is 10.8 Å². The third kappa shape index (κ3) is 6.32. The molecule has 0 spiro atoms. The van der Waals surface area contributed by atoms with E-state index >= 15 is 0 Å². The van der Waals surface area contributed by atoms with Gasteiger partial charge in [-0.1, -0.05) is 54.1 Å². The van der Waals surface area contributed by atoms with Crippen molar-refractivity contribution in [2.24, 2.45) is 0 Å². The molecule has 2 N–H and O–H groups in total. The van der Waals surface area contributed by atoms with Gasteiger partial charge in [0.15, 0.2) is 12.7 Å². The van der Waals surface area contributed by atoms with Crippen LogP contribution in [0.5, 0.6) is 11.5 Å². The van der Waals surface area contributed by atoms with Crippen LogP contribution in [0.1, 0.15) is 6.92 Å². The predicted octanol–water partition coefficient (Wildman–Crippen LogP) is 6.68. The summed E-state index contributed by atoms with van der Waals surface area (Å²) in [5.41, 5.74) is 1.15. The van der Waals surface area contributed by atoms with Crippen LogP contribution in [0.3, 0.4) is 0 Å². The molecular weight excluding hydrogens is 532 g/mol. The molecule has 0 aliphatic carbocycles. The molecule has 6 nitrogen and oxygen atoms in total. The Labute approximate surface area is 216 Å². The number of rotatable bonds is 8. The standard InChI is InChI=1S/C27H22BrClN2O4/c1-17(35-23-9-5-4-8-22(23)29)27(33)31-20-13-11-19(12-14-20)30-25(32)16-34-24-15-10-18-6-2-3-7-21(18)26(24)28/h2-15,17H,16H2,1H3,(H,30,32)(H,31,33). The molecule has 4 rings (SSSR count). The number of fused-ring (bicyclic) bond motifs is 1. The van der Waals surface area contributed by atoms with E-state index in [9.17, 15) is 9.59 Å². The molecule has 2 amide bonds. The van der Waals surface area contributed by atoms with E-state index in [1.807, 2.05) is 36.4 Å². The summed E-state index contributed by atoms with van der Waals surface area (Å²) in [4.78, 5) is 24.8. The number of nitrogens with one attached hydrogen (secondary N) is 2. The lowest BCUT2D eigenvalue weighted by molar-refractivity contribution is -0.122. The van der Waals surface area contributed by atoms with Gasteiger partial charge in [0.1, 0.15) is 11.5 Å². The first-order valence-electron chi connectivity index (χ1n) is 10.8. The highest BCUT2D eigenvalue weighted by Crippen LogP contribution is 2.33. The van der Waals surface area contributed by atoms with Crippen molar-refractivity contribution in [2.75, 3.05) is 17.2 Å². The first kappa shape index (κ1) is 24.6. The zero-order valence-electron chi connectivity index (χ0n) is 18.8. The fraction of sp³-hybridized carbons (Fsp3) is 0.111. The molecule has 178 valence electrons. The molecule has 0 fully saturated rings. The maximum absolute atomic E-state index is 12.5. The van der Waals surface area contributed by atoms with Crippen LogP contribution in [0.4, 0.5) is 11.4 Å². The minimum Gasteiger partial charge on any atom is -0.483 e. The number of hydrogen-bond donors (Lipinski definition) is 2. The quantitative estimate of drug-likeness (QED) is 0.255. The van der Waals surface area contributed by atoms with E-state index < -0.39 is 6.10 Å². The Kier molecular flexibility index (Phi) is 7.90. The molecule has 0 saturated heterocycles. The third-order valence-corrected chi connectivity index (χ3v) is 6.26. The molecule has 4 aromatic rings. The number of para-hydroxylation sites is 1. The lowest BCUT2D eigenvalue weighted by atomic mass is 10.1. The number of anilines is 2. The molecule has 0 saturated carbocycles. The normalized spacial score (nSPS) is 11.5. The van der Waals surface area contributed by atoms with Crippen LogP contribution in [0, 0.1) is 0 Å². The van der Waals surface area contributed by atoms with Crippen molar-refractivity contribution in [1.29, 1.82) is 0 Å². The molecule has 35 heavy (non-hydrogen) atoms. The Hall–Kier alpha value is -3.55. The molecule has 0 aromatic heterocycles. The fourth-order valence-corrected chi connectivity index (χ4v) is 4.12. The van der Waals surface area contributed by atoms with Gasteiger partial charge in [0.05, 0.1) is 9.50 Å². The van der Waals surface area contributed by atoms with Crippen LogP contribution in [0.2, 0.25) is 5.02 Å². The summed E-state index contributed by atoms with van der Waals surface area (Å²) in [5.74, 6) is 0.400. The first-order valence-corrected chi connectivity index (χ1v) is 12.0. The number of carbonyl (C=O) groups is 2. The fourth-order valence-electron chi connectivity index (χ4n) is 3.33. The molecule has 1 atom stereocenters. The average Bonchev–Trinajstić information content (AvgIpc) is 2.86. The maximum Gasteiger partial charge on any atom is 0.265 e. The molecule has 0 heterocycles. The number of amides is 2. The van der Waals surface area contributed by atoms with E-state index in [-0.39, 0.29) is 18.4 Å². The molecule has 0 radical (unpaired) electrons. The highest BCUT2D eigenvalue weighted by atomic mass is 79.9. The van der Waals surface area contributed by atoms with Crippen molar-refractivity contribution in [3.8, 4) is 11.5 Å². The zero-order chi connectivity index (χ0) is 24.8. The highest BCUT2D eigenvalue weighted by molar-refractivity contribution is 9.10. The van der Waals surface area contributed by atoms with Gasteiger partial charge in [-0.3, -0.25) is 9.59 Å². The second-order valence-corrected chi connectivity index (χ2v) is 8.89. The summed E-state index contributed by atoms with van der Waals surface area (Å²) in [7, 11) is 0. The highest BCUT2D eigenvalue weighted by Gasteiger charge is 2.16. The number of halogens is 2. The third-order valence-electron chi connectivity index (χ3n) is 5.13. The smallest absolute Gasteiger partial charge is 0.265 e. The lowest BCUT2D eigenvalue weighted by Gasteiger charge is -2.16. The minimum absolute atomic E-state index is 0.147. The van der Waals surface area contributed by atoms with Crippen LogP contribution in [0.15, 0.2) is 89.4 Å². The molecule has 8 heteroatoms. The van der Waals surface area contributed by atoms with E-state index in [1.165, 1.54) is 0 Å². The van der Waals surface area contributed by atoms with Crippen LogP contribution in [-0.2, 0) is 9.59 Å². The minimum atomic E-state index is -0.749. The van der Waals surface area contributed by atoms with E-state index in [0.717, 1.165) is 15.2 Å². The molecule has 0 aliphatic rings. The Morgan fingerprint density at radius 3 is 2.26 bits per heavy atom. The summed E-state index contributed by atoms with van der Waals surface area (Å²) in [6, 6.07) is 25.4. The second kappa shape index (κ2) is 11.3. The van der Waals surface area contributed by atoms with Crippen molar-refractivity contribution in [1.82, 2.24) is 0 Å². The van der Waals surface area contributed by atoms with Crippen LogP contribution in [-0.4, -0.2) is 24.5 Å². The Balaban J connectivity index is 1.28. The zero-order valence-corrected chi connectivity index (χ0v) is 21.1. The SMILES string of the molecule is CC(Oc1ccccc1Cl)C(=O)Nc1ccc(NC(=O)COc2ccc3ccccc3c2Br)cc1. The Morgan fingerprint density at radius 1 is 0.857 bits per heavy atom. The van der Waals surface area contributed by atoms with Crippen molar-refractivity contribution >= 4 is 61.5 Å². The molecule has 0 bridgehead atoms. The molecule has 1 unspecified atom stereocenters. The summed E-state index contributed by atoms with van der Waals surface area (Å²) in [6.45, 7) is 1.49. The summed E-state index contributed by atoms with van der Waals surface area (Å²) in [5, 5.41) is 8.08. The molecule has 4 aromatic carbocycles. The van der Waals surface area contributed by atoms with Crippen molar-refractivity contribution < 1.29 is 19.1 Å². The second-order valence-electron chi connectivity index (χ2n) is 7.69. The van der Waals surface area contributed by atoms with Gasteiger partial charge in [0, 0.05) is 11.4 Å². The largest absolute Gasteiger partial charge is 0.483 e. The molecular formula is C27H22BrClN2O4. The van der Waals surface area contributed by atoms with Crippen LogP contribution < -0.4 is 20.1 Å². The van der Waals surface area contributed by atoms with Crippen molar-refractivity contribution in [3.63, 3.8) is 0 Å². The van der Waals surface area contributed by atoms with Gasteiger partial charge in [0.25, 0.3) is 11.8 Å². The summed E-state index contributed by atoms with van der Waals surface area (Å²) >= 11 is 9.63. The molecule has 0 aliphatic heterocycles. The lowest BCUT2D eigenvalue weighted by Crippen LogP contribution is -2.30. The number of benzene rings is 4.